The highest BCUT2D eigenvalue weighted by Crippen LogP contribution is 2.27. The van der Waals surface area contributed by atoms with Crippen LogP contribution < -0.4 is 15.5 Å². The molecular formula is C18H16ClFN6O3. The first-order chi connectivity index (χ1) is 14.1. The molecule has 1 aliphatic heterocycles. The van der Waals surface area contributed by atoms with Gasteiger partial charge in [-0.25, -0.2) is 9.37 Å². The standard InChI is InChI=1S/C18H16ClFN6O3/c19-12-9-11(10-21-15(12)26-5-7-28-8-6-26)22-16(27)17-24-25-18(29-17)23-14-4-2-1-3-13(14)20/h1-4,9-10H,5-8H2,(H,22,27)(H,23,25). The van der Waals surface area contributed by atoms with Crippen LogP contribution in [0.3, 0.4) is 0 Å². The van der Waals surface area contributed by atoms with E-state index in [1.165, 1.54) is 18.3 Å². The topological polar surface area (TPSA) is 105 Å². The van der Waals surface area contributed by atoms with Gasteiger partial charge in [0.05, 0.1) is 35.8 Å². The lowest BCUT2D eigenvalue weighted by atomic mass is 10.3. The lowest BCUT2D eigenvalue weighted by Crippen LogP contribution is -2.36. The van der Waals surface area contributed by atoms with Gasteiger partial charge < -0.3 is 24.7 Å². The summed E-state index contributed by atoms with van der Waals surface area (Å²) in [6.07, 6.45) is 1.49. The summed E-state index contributed by atoms with van der Waals surface area (Å²) in [5.74, 6) is -0.798. The highest BCUT2D eigenvalue weighted by Gasteiger charge is 2.19. The van der Waals surface area contributed by atoms with Crippen LogP contribution >= 0.6 is 11.6 Å². The van der Waals surface area contributed by atoms with Crippen LogP contribution in [0.5, 0.6) is 0 Å². The molecular weight excluding hydrogens is 403 g/mol. The van der Waals surface area contributed by atoms with E-state index in [4.69, 9.17) is 20.8 Å². The maximum atomic E-state index is 13.7. The molecule has 11 heteroatoms. The molecule has 29 heavy (non-hydrogen) atoms. The normalized spacial score (nSPS) is 13.9. The number of halogens is 2. The molecule has 3 aromatic rings. The minimum absolute atomic E-state index is 0.112. The van der Waals surface area contributed by atoms with Crippen LogP contribution in [0.2, 0.25) is 5.02 Å². The van der Waals surface area contributed by atoms with Gasteiger partial charge in [-0.1, -0.05) is 28.8 Å². The Labute approximate surface area is 169 Å². The van der Waals surface area contributed by atoms with Crippen molar-refractivity contribution < 1.29 is 18.3 Å². The summed E-state index contributed by atoms with van der Waals surface area (Å²) in [7, 11) is 0. The van der Waals surface area contributed by atoms with Crippen LogP contribution in [0.1, 0.15) is 10.7 Å². The number of ether oxygens (including phenoxy) is 1. The van der Waals surface area contributed by atoms with E-state index >= 15 is 0 Å². The SMILES string of the molecule is O=C(Nc1cnc(N2CCOCC2)c(Cl)c1)c1nnc(Nc2ccccc2F)o1. The third-order valence-electron chi connectivity index (χ3n) is 4.12. The predicted molar refractivity (Wildman–Crippen MR) is 104 cm³/mol. The molecule has 0 radical (unpaired) electrons. The van der Waals surface area contributed by atoms with Gasteiger partial charge in [-0.05, 0) is 18.2 Å². The van der Waals surface area contributed by atoms with Gasteiger partial charge in [0, 0.05) is 13.1 Å². The van der Waals surface area contributed by atoms with E-state index < -0.39 is 11.7 Å². The van der Waals surface area contributed by atoms with E-state index in [0.717, 1.165) is 0 Å². The molecule has 1 aliphatic rings. The Morgan fingerprint density at radius 1 is 1.21 bits per heavy atom. The zero-order chi connectivity index (χ0) is 20.2. The Morgan fingerprint density at radius 3 is 2.76 bits per heavy atom. The summed E-state index contributed by atoms with van der Waals surface area (Å²) in [6, 6.07) is 7.46. The smallest absolute Gasteiger partial charge is 0.320 e. The Bertz CT molecular complexity index is 1020. The number of aromatic nitrogens is 3. The minimum Gasteiger partial charge on any atom is -0.399 e. The fourth-order valence-corrected chi connectivity index (χ4v) is 3.02. The summed E-state index contributed by atoms with van der Waals surface area (Å²) >= 11 is 6.31. The zero-order valence-corrected chi connectivity index (χ0v) is 15.8. The maximum absolute atomic E-state index is 13.7. The number of nitrogens with zero attached hydrogens (tertiary/aromatic N) is 4. The average molecular weight is 419 g/mol. The summed E-state index contributed by atoms with van der Waals surface area (Å²) < 4.78 is 24.2. The number of carbonyl (C=O) groups is 1. The molecule has 3 heterocycles. The molecule has 0 unspecified atom stereocenters. The van der Waals surface area contributed by atoms with E-state index in [1.54, 1.807) is 18.2 Å². The molecule has 1 amide bonds. The van der Waals surface area contributed by atoms with Gasteiger partial charge in [0.25, 0.3) is 0 Å². The molecule has 0 aliphatic carbocycles. The second-order valence-corrected chi connectivity index (χ2v) is 6.51. The first kappa shape index (κ1) is 19.1. The van der Waals surface area contributed by atoms with Crippen LogP contribution in [-0.4, -0.2) is 47.4 Å². The van der Waals surface area contributed by atoms with Crippen molar-refractivity contribution in [1.82, 2.24) is 15.2 Å². The van der Waals surface area contributed by atoms with Crippen molar-refractivity contribution in [3.63, 3.8) is 0 Å². The van der Waals surface area contributed by atoms with Crippen molar-refractivity contribution >= 4 is 40.7 Å². The highest BCUT2D eigenvalue weighted by atomic mass is 35.5. The highest BCUT2D eigenvalue weighted by molar-refractivity contribution is 6.33. The predicted octanol–water partition coefficient (Wildman–Crippen LogP) is 3.09. The first-order valence-corrected chi connectivity index (χ1v) is 9.12. The number of nitrogens with one attached hydrogen (secondary N) is 2. The van der Waals surface area contributed by atoms with Gasteiger partial charge in [0.2, 0.25) is 0 Å². The third-order valence-corrected chi connectivity index (χ3v) is 4.40. The summed E-state index contributed by atoms with van der Waals surface area (Å²) in [5.41, 5.74) is 0.525. The monoisotopic (exact) mass is 418 g/mol. The number of rotatable bonds is 5. The number of morpholine rings is 1. The van der Waals surface area contributed by atoms with Crippen LogP contribution in [0.4, 0.5) is 27.6 Å². The number of anilines is 4. The largest absolute Gasteiger partial charge is 0.399 e. The van der Waals surface area contributed by atoms with Crippen molar-refractivity contribution in [2.75, 3.05) is 41.8 Å². The second-order valence-electron chi connectivity index (χ2n) is 6.10. The molecule has 2 aromatic heterocycles. The van der Waals surface area contributed by atoms with Crippen LogP contribution in [0, 0.1) is 5.82 Å². The molecule has 2 N–H and O–H groups in total. The van der Waals surface area contributed by atoms with Gasteiger partial charge >= 0.3 is 17.8 Å². The second kappa shape index (κ2) is 8.41. The molecule has 150 valence electrons. The number of pyridine rings is 1. The molecule has 0 bridgehead atoms. The fourth-order valence-electron chi connectivity index (χ4n) is 2.73. The molecule has 1 saturated heterocycles. The Balaban J connectivity index is 1.42. The van der Waals surface area contributed by atoms with Gasteiger partial charge in [-0.15, -0.1) is 5.10 Å². The van der Waals surface area contributed by atoms with E-state index in [9.17, 15) is 9.18 Å². The Kier molecular flexibility index (Phi) is 5.54. The van der Waals surface area contributed by atoms with Gasteiger partial charge in [0.15, 0.2) is 0 Å². The summed E-state index contributed by atoms with van der Waals surface area (Å²) in [6.45, 7) is 2.60. The minimum atomic E-state index is -0.643. The lowest BCUT2D eigenvalue weighted by molar-refractivity contribution is 0.0991. The Morgan fingerprint density at radius 2 is 2.00 bits per heavy atom. The molecule has 4 rings (SSSR count). The molecule has 0 spiro atoms. The van der Waals surface area contributed by atoms with E-state index in [0.29, 0.717) is 42.8 Å². The number of para-hydroxylation sites is 1. The molecule has 1 aromatic carbocycles. The van der Waals surface area contributed by atoms with E-state index in [2.05, 4.69) is 25.8 Å². The van der Waals surface area contributed by atoms with Gasteiger partial charge in [-0.2, -0.15) is 0 Å². The third kappa shape index (κ3) is 4.44. The number of hydrogen-bond donors (Lipinski definition) is 2. The van der Waals surface area contributed by atoms with Crippen molar-refractivity contribution in [2.45, 2.75) is 0 Å². The fraction of sp³-hybridized carbons (Fsp3) is 0.222. The zero-order valence-electron chi connectivity index (χ0n) is 15.1. The summed E-state index contributed by atoms with van der Waals surface area (Å²) in [5, 5.41) is 13.0. The number of amides is 1. The van der Waals surface area contributed by atoms with Crippen molar-refractivity contribution in [3.05, 3.63) is 53.3 Å². The van der Waals surface area contributed by atoms with E-state index in [-0.39, 0.29) is 17.6 Å². The quantitative estimate of drug-likeness (QED) is 0.651. The van der Waals surface area contributed by atoms with Crippen LogP contribution in [0.25, 0.3) is 0 Å². The van der Waals surface area contributed by atoms with Crippen LogP contribution in [0.15, 0.2) is 40.9 Å². The lowest BCUT2D eigenvalue weighted by Gasteiger charge is -2.28. The molecule has 1 fully saturated rings. The number of benzene rings is 1. The van der Waals surface area contributed by atoms with Crippen molar-refractivity contribution in [3.8, 4) is 0 Å². The average Bonchev–Trinajstić information content (AvgIpc) is 3.19. The Hall–Kier alpha value is -3.24. The van der Waals surface area contributed by atoms with Crippen LogP contribution in [-0.2, 0) is 4.74 Å². The maximum Gasteiger partial charge on any atom is 0.320 e. The van der Waals surface area contributed by atoms with Crippen molar-refractivity contribution in [1.29, 1.82) is 0 Å². The molecule has 0 atom stereocenters. The molecule has 9 nitrogen and oxygen atoms in total. The van der Waals surface area contributed by atoms with Gasteiger partial charge in [0.1, 0.15) is 11.6 Å². The van der Waals surface area contributed by atoms with Crippen molar-refractivity contribution in [2.24, 2.45) is 0 Å². The summed E-state index contributed by atoms with van der Waals surface area (Å²) in [4.78, 5) is 18.7. The number of carbonyl (C=O) groups excluding carboxylic acids is 1. The first-order valence-electron chi connectivity index (χ1n) is 8.75. The van der Waals surface area contributed by atoms with E-state index in [1.807, 2.05) is 4.90 Å². The number of hydrogen-bond acceptors (Lipinski definition) is 8. The molecule has 0 saturated carbocycles. The van der Waals surface area contributed by atoms with Gasteiger partial charge in [-0.3, -0.25) is 4.79 Å².